The number of carboxylic acid groups (broad SMARTS) is 1. The van der Waals surface area contributed by atoms with Gasteiger partial charge in [-0.25, -0.2) is 29.3 Å². The zero-order chi connectivity index (χ0) is 73.2. The van der Waals surface area contributed by atoms with Gasteiger partial charge in [-0.3, -0.25) is 9.97 Å². The van der Waals surface area contributed by atoms with Crippen molar-refractivity contribution in [2.45, 2.75) is 173 Å². The Morgan fingerprint density at radius 3 is 1.10 bits per heavy atom. The third-order valence-corrected chi connectivity index (χ3v) is 18.2. The van der Waals surface area contributed by atoms with E-state index in [9.17, 15) is 19.5 Å². The molecule has 0 fully saturated rings. The number of aryl methyl sites for hydroxylation is 7. The standard InChI is InChI=1S/C29H32ClN3O3.C28H30ClN3O3.C23H27ClN2O3.3H2S/c1-17-19(3)33(16-20-9-8-14-31-15-20)27-23(17)25(21-10-12-22(30)13-11-21)24(18(2)32-27)26(28(34)35-7)36-29(4,5)6;1-16-18(3)32(15-19-8-7-13-30-14-19)26-22(16)24(20-9-11-21(29)12-10-20)23(17(2)31-26)25(27(33)34)35-28(4,5)6;1-12-13(2)25-21-17(12)19(15-8-10-16(24)11-9-15)18(14(3)26-21)20(22(27)28-7)29-23(4,5)6;;;/h8-15,26H,16H2,1-7H3;7-14,25H,15H2,1-6H3,(H,33,34);8-11,20H,1-7H3,(H,25,26);3*1H2/t26-;25-;20-;;;/m000.../s1. The second kappa shape index (κ2) is 34.4. The number of pyridine rings is 5. The topological polar surface area (TPSA) is 208 Å². The summed E-state index contributed by atoms with van der Waals surface area (Å²) in [5, 5.41) is 15.0. The summed E-state index contributed by atoms with van der Waals surface area (Å²) in [5.41, 5.74) is 18.5. The van der Waals surface area contributed by atoms with Gasteiger partial charge >= 0.3 is 17.9 Å². The highest BCUT2D eigenvalue weighted by atomic mass is 35.5. The van der Waals surface area contributed by atoms with Gasteiger partial charge in [0.15, 0.2) is 18.3 Å². The number of carbonyl (C=O) groups excluding carboxylic acids is 2. The molecule has 0 spiro atoms. The highest BCUT2D eigenvalue weighted by Crippen LogP contribution is 2.46. The van der Waals surface area contributed by atoms with Gasteiger partial charge in [-0.05, 0) is 218 Å². The largest absolute Gasteiger partial charge is 0.479 e. The van der Waals surface area contributed by atoms with E-state index in [1.165, 1.54) is 14.2 Å². The van der Waals surface area contributed by atoms with Crippen LogP contribution in [0, 0.1) is 62.3 Å². The van der Waals surface area contributed by atoms with E-state index in [0.29, 0.717) is 61.9 Å². The number of ether oxygens (including phenoxy) is 5. The van der Waals surface area contributed by atoms with Crippen molar-refractivity contribution >= 4 is 126 Å². The zero-order valence-corrected chi connectivity index (χ0v) is 67.4. The first-order chi connectivity index (χ1) is 47.0. The summed E-state index contributed by atoms with van der Waals surface area (Å²) in [4.78, 5) is 65.1. The lowest BCUT2D eigenvalue weighted by molar-refractivity contribution is -0.164. The van der Waals surface area contributed by atoms with Crippen LogP contribution in [0.4, 0.5) is 0 Å². The van der Waals surface area contributed by atoms with Crippen molar-refractivity contribution < 1.29 is 43.2 Å². The minimum Gasteiger partial charge on any atom is -0.479 e. The molecular weight excluding hydrogens is 1420 g/mol. The van der Waals surface area contributed by atoms with Crippen LogP contribution in [0.3, 0.4) is 0 Å². The average Bonchev–Trinajstić information content (AvgIpc) is 1.65. The molecule has 103 heavy (non-hydrogen) atoms. The fourth-order valence-electron chi connectivity index (χ4n) is 12.6. The van der Waals surface area contributed by atoms with Gasteiger partial charge in [0.05, 0.1) is 44.1 Å². The Balaban J connectivity index is 0.000000241. The molecule has 0 bridgehead atoms. The predicted octanol–water partition coefficient (Wildman–Crippen LogP) is 19.6. The van der Waals surface area contributed by atoms with Crippen molar-refractivity contribution in [2.75, 3.05) is 14.2 Å². The lowest BCUT2D eigenvalue weighted by Gasteiger charge is -2.29. The van der Waals surface area contributed by atoms with E-state index in [-0.39, 0.29) is 40.5 Å². The molecule has 0 aliphatic carbocycles. The lowest BCUT2D eigenvalue weighted by atomic mass is 9.91. The van der Waals surface area contributed by atoms with Crippen LogP contribution in [-0.2, 0) is 51.2 Å². The number of halogens is 3. The molecule has 3 atom stereocenters. The number of esters is 2. The smallest absolute Gasteiger partial charge is 0.339 e. The molecule has 0 aliphatic rings. The van der Waals surface area contributed by atoms with E-state index in [4.69, 9.17) is 73.4 Å². The number of H-pyrrole nitrogens is 1. The van der Waals surface area contributed by atoms with Gasteiger partial charge < -0.3 is 42.9 Å². The van der Waals surface area contributed by atoms with Gasteiger partial charge in [0.25, 0.3) is 0 Å². The summed E-state index contributed by atoms with van der Waals surface area (Å²) in [6.45, 7) is 36.3. The highest BCUT2D eigenvalue weighted by molar-refractivity contribution is 7.59. The summed E-state index contributed by atoms with van der Waals surface area (Å²) in [6, 6.07) is 30.7. The molecule has 548 valence electrons. The first-order valence-electron chi connectivity index (χ1n) is 33.0. The van der Waals surface area contributed by atoms with Gasteiger partial charge in [0.1, 0.15) is 16.9 Å². The molecule has 2 N–H and O–H groups in total. The van der Waals surface area contributed by atoms with Crippen LogP contribution >= 0.6 is 75.3 Å². The number of nitrogens with one attached hydrogen (secondary N) is 1. The highest BCUT2D eigenvalue weighted by Gasteiger charge is 2.38. The van der Waals surface area contributed by atoms with Gasteiger partial charge in [-0.2, -0.15) is 40.5 Å². The number of nitrogens with zero attached hydrogens (tertiary/aromatic N) is 7. The maximum absolute atomic E-state index is 13.1. The Labute approximate surface area is 640 Å². The van der Waals surface area contributed by atoms with E-state index >= 15 is 0 Å². The molecule has 0 amide bonds. The molecular formula is C80H95Cl3N8O9S3. The zero-order valence-electron chi connectivity index (χ0n) is 62.2. The second-order valence-corrected chi connectivity index (χ2v) is 29.3. The van der Waals surface area contributed by atoms with Gasteiger partial charge in [-0.15, -0.1) is 0 Å². The number of fused-ring (bicyclic) bond motifs is 3. The lowest BCUT2D eigenvalue weighted by Crippen LogP contribution is -2.29. The summed E-state index contributed by atoms with van der Waals surface area (Å²) < 4.78 is 33.3. The Morgan fingerprint density at radius 2 is 0.786 bits per heavy atom. The maximum Gasteiger partial charge on any atom is 0.339 e. The van der Waals surface area contributed by atoms with E-state index in [0.717, 1.165) is 111 Å². The van der Waals surface area contributed by atoms with Crippen LogP contribution in [0.25, 0.3) is 66.5 Å². The van der Waals surface area contributed by atoms with Crippen LogP contribution in [0.2, 0.25) is 15.1 Å². The quantitative estimate of drug-likeness (QED) is 0.0863. The summed E-state index contributed by atoms with van der Waals surface area (Å²) in [7, 11) is 2.75. The Hall–Kier alpha value is -7.76. The molecule has 17 nitrogen and oxygen atoms in total. The molecule has 0 radical (unpaired) electrons. The molecule has 0 saturated heterocycles. The van der Waals surface area contributed by atoms with E-state index in [1.54, 1.807) is 12.4 Å². The number of rotatable bonds is 16. The molecule has 11 rings (SSSR count). The molecule has 23 heteroatoms. The number of aliphatic carboxylic acids is 1. The number of carbonyl (C=O) groups is 3. The van der Waals surface area contributed by atoms with Crippen molar-refractivity contribution in [2.24, 2.45) is 0 Å². The van der Waals surface area contributed by atoms with E-state index in [1.807, 2.05) is 200 Å². The normalized spacial score (nSPS) is 12.4. The number of aromatic nitrogens is 8. The predicted molar refractivity (Wildman–Crippen MR) is 430 cm³/mol. The maximum atomic E-state index is 13.1. The first-order valence-corrected chi connectivity index (χ1v) is 34.1. The van der Waals surface area contributed by atoms with Crippen LogP contribution in [0.1, 0.15) is 159 Å². The Kier molecular flexibility index (Phi) is 28.1. The molecule has 0 saturated carbocycles. The van der Waals surface area contributed by atoms with Gasteiger partial charge in [-0.1, -0.05) is 83.3 Å². The van der Waals surface area contributed by atoms with Crippen molar-refractivity contribution in [3.8, 4) is 33.4 Å². The third kappa shape index (κ3) is 19.0. The van der Waals surface area contributed by atoms with Gasteiger partial charge in [0, 0.05) is 124 Å². The third-order valence-electron chi connectivity index (χ3n) is 17.4. The number of hydrogen-bond donors (Lipinski definition) is 2. The van der Waals surface area contributed by atoms with Crippen molar-refractivity contribution in [1.82, 2.24) is 39.0 Å². The molecule has 0 unspecified atom stereocenters. The number of benzene rings is 3. The monoisotopic (exact) mass is 1510 g/mol. The molecule has 8 aromatic heterocycles. The first kappa shape index (κ1) is 84.2. The summed E-state index contributed by atoms with van der Waals surface area (Å²) in [6.07, 6.45) is 4.20. The van der Waals surface area contributed by atoms with Crippen LogP contribution in [-0.4, -0.2) is 93.1 Å². The van der Waals surface area contributed by atoms with Crippen molar-refractivity contribution in [1.29, 1.82) is 0 Å². The van der Waals surface area contributed by atoms with Gasteiger partial charge in [0.2, 0.25) is 0 Å². The van der Waals surface area contributed by atoms with Crippen molar-refractivity contribution in [3.63, 3.8) is 0 Å². The molecule has 8 heterocycles. The second-order valence-electron chi connectivity index (χ2n) is 28.0. The fraction of sp³-hybridized carbons (Fsp3) is 0.350. The minimum absolute atomic E-state index is 0. The molecule has 0 aliphatic heterocycles. The van der Waals surface area contributed by atoms with E-state index < -0.39 is 53.0 Å². The van der Waals surface area contributed by atoms with E-state index in [2.05, 4.69) is 57.8 Å². The fourth-order valence-corrected chi connectivity index (χ4v) is 13.0. The number of hydrogen-bond acceptors (Lipinski definition) is 13. The summed E-state index contributed by atoms with van der Waals surface area (Å²) in [5.74, 6) is -1.97. The SMILES string of the molecule is COC(=O)[C@@H](OC(C)(C)C)c1c(C)nc2[nH]c(C)c(C)c2c1-c1ccc(Cl)cc1.COC(=O)[C@@H](OC(C)(C)C)c1c(C)nc2c(c(C)c(C)n2Cc2cccnc2)c1-c1ccc(Cl)cc1.Cc1nc2c(c(C)c(C)n2Cc2cccnc2)c(-c2ccc(Cl)cc2)c1[C@H](OC(C)(C)C)C(=O)O.S.S.S. The number of aromatic amines is 1. The van der Waals surface area contributed by atoms with Crippen molar-refractivity contribution in [3.05, 3.63) is 216 Å². The number of carboxylic acids is 1. The number of methoxy groups -OCH3 is 2. The Bertz CT molecular complexity index is 4840. The molecule has 3 aromatic carbocycles. The Morgan fingerprint density at radius 1 is 0.466 bits per heavy atom. The van der Waals surface area contributed by atoms with Crippen LogP contribution in [0.15, 0.2) is 122 Å². The van der Waals surface area contributed by atoms with Crippen LogP contribution in [0.5, 0.6) is 0 Å². The van der Waals surface area contributed by atoms with Crippen LogP contribution < -0.4 is 0 Å². The minimum atomic E-state index is -1.18. The average molecular weight is 1520 g/mol. The molecule has 11 aromatic rings. The summed E-state index contributed by atoms with van der Waals surface area (Å²) >= 11 is 18.6.